The summed E-state index contributed by atoms with van der Waals surface area (Å²) in [5.41, 5.74) is 0.171. The molecule has 0 fully saturated rings. The molecule has 0 amide bonds. The molecule has 1 nitrogen and oxygen atoms in total. The van der Waals surface area contributed by atoms with Gasteiger partial charge in [0.15, 0.2) is 0 Å². The molecule has 0 unspecified atom stereocenters. The number of rotatable bonds is 4. The molecule has 15 heavy (non-hydrogen) atoms. The third kappa shape index (κ3) is 9.66. The molecule has 0 saturated carbocycles. The van der Waals surface area contributed by atoms with Crippen LogP contribution in [0.15, 0.2) is 0 Å². The minimum atomic E-state index is -0.152. The maximum Gasteiger partial charge on any atom is 0.112 e. The Morgan fingerprint density at radius 3 is 2.13 bits per heavy atom. The lowest BCUT2D eigenvalue weighted by Gasteiger charge is -2.21. The van der Waals surface area contributed by atoms with Crippen LogP contribution in [0.1, 0.15) is 67.2 Å². The van der Waals surface area contributed by atoms with Gasteiger partial charge in [0.25, 0.3) is 0 Å². The Bertz CT molecular complexity index is 222. The zero-order valence-electron chi connectivity index (χ0n) is 11.2. The Labute approximate surface area is 95.6 Å². The van der Waals surface area contributed by atoms with E-state index >= 15 is 0 Å². The lowest BCUT2D eigenvalue weighted by atomic mass is 9.84. The Morgan fingerprint density at radius 1 is 1.07 bits per heavy atom. The molecule has 0 aliphatic heterocycles. The first-order valence-corrected chi connectivity index (χ1v) is 5.93. The number of hydrogen-bond donors (Lipinski definition) is 0. The van der Waals surface area contributed by atoms with E-state index < -0.39 is 0 Å². The van der Waals surface area contributed by atoms with Gasteiger partial charge < -0.3 is 4.74 Å². The van der Waals surface area contributed by atoms with Gasteiger partial charge in [-0.15, -0.1) is 0 Å². The monoisotopic (exact) mass is 210 g/mol. The highest BCUT2D eigenvalue weighted by atomic mass is 16.5. The molecule has 0 aliphatic rings. The normalized spacial score (nSPS) is 11.9. The van der Waals surface area contributed by atoms with Crippen molar-refractivity contribution in [3.05, 3.63) is 0 Å². The summed E-state index contributed by atoms with van der Waals surface area (Å²) >= 11 is 0. The van der Waals surface area contributed by atoms with Crippen LogP contribution in [-0.4, -0.2) is 5.60 Å². The van der Waals surface area contributed by atoms with Crippen LogP contribution in [0.5, 0.6) is 0 Å². The summed E-state index contributed by atoms with van der Waals surface area (Å²) in [5, 5.41) is 0. The van der Waals surface area contributed by atoms with E-state index in [1.54, 1.807) is 0 Å². The molecule has 0 aromatic carbocycles. The maximum absolute atomic E-state index is 5.37. The van der Waals surface area contributed by atoms with Crippen molar-refractivity contribution in [3.8, 4) is 12.0 Å². The molecule has 0 heterocycles. The van der Waals surface area contributed by atoms with Crippen molar-refractivity contribution in [3.63, 3.8) is 0 Å². The van der Waals surface area contributed by atoms with Crippen molar-refractivity contribution in [2.45, 2.75) is 72.8 Å². The highest BCUT2D eigenvalue weighted by Gasteiger charge is 2.15. The molecular weight excluding hydrogens is 184 g/mol. The van der Waals surface area contributed by atoms with E-state index in [9.17, 15) is 0 Å². The minimum absolute atomic E-state index is 0.152. The van der Waals surface area contributed by atoms with E-state index in [1.807, 2.05) is 20.8 Å². The molecule has 0 atom stereocenters. The van der Waals surface area contributed by atoms with Crippen molar-refractivity contribution in [1.29, 1.82) is 0 Å². The number of unbranched alkanes of at least 4 members (excludes halogenated alkanes) is 1. The Morgan fingerprint density at radius 2 is 1.67 bits per heavy atom. The molecule has 0 aromatic heterocycles. The predicted octanol–water partition coefficient (Wildman–Crippen LogP) is 4.37. The van der Waals surface area contributed by atoms with Crippen LogP contribution in [0.3, 0.4) is 0 Å². The molecule has 0 N–H and O–H groups in total. The maximum atomic E-state index is 5.37. The summed E-state index contributed by atoms with van der Waals surface area (Å²) in [5.74, 6) is 3.12. The van der Waals surface area contributed by atoms with Gasteiger partial charge in [-0.1, -0.05) is 39.5 Å². The van der Waals surface area contributed by atoms with E-state index in [2.05, 4.69) is 32.8 Å². The lowest BCUT2D eigenvalue weighted by molar-refractivity contribution is 0.0958. The standard InChI is InChI=1S/C14H26O/c1-7-8-10-14(5,6)11-9-12-15-13(2,3)4/h7-8,10-11H2,1-6H3. The van der Waals surface area contributed by atoms with Gasteiger partial charge >= 0.3 is 0 Å². The number of ether oxygens (including phenoxy) is 1. The van der Waals surface area contributed by atoms with E-state index in [0.29, 0.717) is 5.41 Å². The highest BCUT2D eigenvalue weighted by Crippen LogP contribution is 2.26. The van der Waals surface area contributed by atoms with E-state index in [-0.39, 0.29) is 5.60 Å². The fourth-order valence-electron chi connectivity index (χ4n) is 1.21. The van der Waals surface area contributed by atoms with Crippen LogP contribution in [0.25, 0.3) is 0 Å². The second-order valence-electron chi connectivity index (χ2n) is 5.94. The Balaban J connectivity index is 3.91. The Kier molecular flexibility index (Phi) is 5.80. The molecule has 1 heteroatoms. The topological polar surface area (TPSA) is 9.23 Å². The largest absolute Gasteiger partial charge is 0.441 e. The second-order valence-corrected chi connectivity index (χ2v) is 5.94. The molecule has 0 aliphatic carbocycles. The highest BCUT2D eigenvalue weighted by molar-refractivity contribution is 4.97. The zero-order valence-corrected chi connectivity index (χ0v) is 11.2. The van der Waals surface area contributed by atoms with Crippen molar-refractivity contribution >= 4 is 0 Å². The number of hydrogen-bond acceptors (Lipinski definition) is 1. The average Bonchev–Trinajstić information content (AvgIpc) is 2.08. The quantitative estimate of drug-likeness (QED) is 0.626. The molecule has 0 saturated heterocycles. The lowest BCUT2D eigenvalue weighted by Crippen LogP contribution is -2.16. The van der Waals surface area contributed by atoms with Crippen molar-refractivity contribution in [1.82, 2.24) is 0 Å². The van der Waals surface area contributed by atoms with Gasteiger partial charge in [0.2, 0.25) is 0 Å². The summed E-state index contributed by atoms with van der Waals surface area (Å²) < 4.78 is 5.37. The fourth-order valence-corrected chi connectivity index (χ4v) is 1.21. The van der Waals surface area contributed by atoms with Gasteiger partial charge in [0.1, 0.15) is 11.7 Å². The van der Waals surface area contributed by atoms with Crippen LogP contribution >= 0.6 is 0 Å². The van der Waals surface area contributed by atoms with E-state index in [1.165, 1.54) is 19.3 Å². The Hall–Kier alpha value is -0.640. The molecule has 88 valence electrons. The molecule has 0 bridgehead atoms. The van der Waals surface area contributed by atoms with Crippen LogP contribution in [0.4, 0.5) is 0 Å². The SMILES string of the molecule is CCCCC(C)(C)CC#COC(C)(C)C. The van der Waals surface area contributed by atoms with Gasteiger partial charge in [0.05, 0.1) is 0 Å². The predicted molar refractivity (Wildman–Crippen MR) is 66.5 cm³/mol. The molecule has 0 radical (unpaired) electrons. The van der Waals surface area contributed by atoms with Crippen molar-refractivity contribution < 1.29 is 4.74 Å². The van der Waals surface area contributed by atoms with E-state index in [0.717, 1.165) is 6.42 Å². The molecule has 0 rings (SSSR count). The van der Waals surface area contributed by atoms with Gasteiger partial charge in [0, 0.05) is 6.42 Å². The van der Waals surface area contributed by atoms with Crippen LogP contribution in [0.2, 0.25) is 0 Å². The van der Waals surface area contributed by atoms with Gasteiger partial charge in [-0.3, -0.25) is 0 Å². The first kappa shape index (κ1) is 14.4. The van der Waals surface area contributed by atoms with Crippen LogP contribution in [0, 0.1) is 17.4 Å². The molecule has 0 aromatic rings. The molecule has 0 spiro atoms. The average molecular weight is 210 g/mol. The second kappa shape index (κ2) is 6.05. The van der Waals surface area contributed by atoms with E-state index in [4.69, 9.17) is 4.74 Å². The van der Waals surface area contributed by atoms with Crippen molar-refractivity contribution in [2.75, 3.05) is 0 Å². The summed E-state index contributed by atoms with van der Waals surface area (Å²) in [6.07, 6.45) is 7.52. The first-order chi connectivity index (χ1) is 6.77. The van der Waals surface area contributed by atoms with Gasteiger partial charge in [-0.25, -0.2) is 0 Å². The third-order valence-electron chi connectivity index (χ3n) is 2.20. The minimum Gasteiger partial charge on any atom is -0.441 e. The summed E-state index contributed by atoms with van der Waals surface area (Å²) in [6, 6.07) is 0. The third-order valence-corrected chi connectivity index (χ3v) is 2.20. The zero-order chi connectivity index (χ0) is 11.9. The summed E-state index contributed by atoms with van der Waals surface area (Å²) in [7, 11) is 0. The van der Waals surface area contributed by atoms with Crippen LogP contribution in [-0.2, 0) is 4.74 Å². The van der Waals surface area contributed by atoms with Gasteiger partial charge in [-0.2, -0.15) is 0 Å². The van der Waals surface area contributed by atoms with Crippen LogP contribution < -0.4 is 0 Å². The van der Waals surface area contributed by atoms with Gasteiger partial charge in [-0.05, 0) is 32.6 Å². The van der Waals surface area contributed by atoms with Crippen molar-refractivity contribution in [2.24, 2.45) is 5.41 Å². The molecular formula is C14H26O. The first-order valence-electron chi connectivity index (χ1n) is 5.93. The fraction of sp³-hybridized carbons (Fsp3) is 0.857. The smallest absolute Gasteiger partial charge is 0.112 e. The summed E-state index contributed by atoms with van der Waals surface area (Å²) in [4.78, 5) is 0. The summed E-state index contributed by atoms with van der Waals surface area (Å²) in [6.45, 7) is 12.8.